The maximum Gasteiger partial charge on any atom is 0.255 e. The van der Waals surface area contributed by atoms with Crippen molar-refractivity contribution in [3.8, 4) is 0 Å². The number of morpholine rings is 1. The molecule has 26 heavy (non-hydrogen) atoms. The first-order valence-corrected chi connectivity index (χ1v) is 8.71. The lowest BCUT2D eigenvalue weighted by Crippen LogP contribution is -2.40. The van der Waals surface area contributed by atoms with E-state index < -0.39 is 0 Å². The summed E-state index contributed by atoms with van der Waals surface area (Å²) in [6.45, 7) is 2.16. The van der Waals surface area contributed by atoms with Crippen molar-refractivity contribution >= 4 is 34.8 Å². The summed E-state index contributed by atoms with van der Waals surface area (Å²) >= 11 is 6.26. The Bertz CT molecular complexity index is 802. The van der Waals surface area contributed by atoms with Crippen LogP contribution in [-0.2, 0) is 16.0 Å². The summed E-state index contributed by atoms with van der Waals surface area (Å²) in [5.41, 5.74) is 8.13. The fourth-order valence-electron chi connectivity index (χ4n) is 2.73. The maximum atomic E-state index is 12.5. The number of halogens is 1. The van der Waals surface area contributed by atoms with E-state index in [-0.39, 0.29) is 18.2 Å². The summed E-state index contributed by atoms with van der Waals surface area (Å²) in [4.78, 5) is 26.4. The van der Waals surface area contributed by atoms with Gasteiger partial charge in [0.05, 0.1) is 30.2 Å². The number of carbonyl (C=O) groups excluding carboxylic acids is 2. The van der Waals surface area contributed by atoms with Crippen molar-refractivity contribution in [2.45, 2.75) is 6.42 Å². The standard InChI is InChI=1S/C19H20ClN3O3/c20-17-12-15(22-18(24)11-13-1-3-14(21)4-2-13)5-6-16(17)19(25)23-7-9-26-10-8-23/h1-6,12H,7-11,21H2,(H,22,24). The maximum absolute atomic E-state index is 12.5. The molecule has 1 aliphatic rings. The number of nitrogens with one attached hydrogen (secondary N) is 1. The first kappa shape index (κ1) is 18.2. The lowest BCUT2D eigenvalue weighted by atomic mass is 10.1. The van der Waals surface area contributed by atoms with Crippen LogP contribution in [0.15, 0.2) is 42.5 Å². The van der Waals surface area contributed by atoms with Crippen LogP contribution in [0.25, 0.3) is 0 Å². The number of hydrogen-bond donors (Lipinski definition) is 2. The van der Waals surface area contributed by atoms with Gasteiger partial charge in [0.15, 0.2) is 0 Å². The number of carbonyl (C=O) groups is 2. The van der Waals surface area contributed by atoms with E-state index in [1.54, 1.807) is 35.2 Å². The Labute approximate surface area is 156 Å². The lowest BCUT2D eigenvalue weighted by molar-refractivity contribution is -0.115. The minimum Gasteiger partial charge on any atom is -0.399 e. The largest absolute Gasteiger partial charge is 0.399 e. The molecule has 136 valence electrons. The predicted molar refractivity (Wildman–Crippen MR) is 101 cm³/mol. The summed E-state index contributed by atoms with van der Waals surface area (Å²) in [6, 6.07) is 12.0. The highest BCUT2D eigenvalue weighted by atomic mass is 35.5. The van der Waals surface area contributed by atoms with E-state index in [9.17, 15) is 9.59 Å². The van der Waals surface area contributed by atoms with Crippen LogP contribution in [0, 0.1) is 0 Å². The molecule has 0 aromatic heterocycles. The molecule has 0 spiro atoms. The third kappa shape index (κ3) is 4.53. The zero-order valence-corrected chi connectivity index (χ0v) is 15.0. The molecule has 0 unspecified atom stereocenters. The highest BCUT2D eigenvalue weighted by Crippen LogP contribution is 2.23. The molecule has 1 fully saturated rings. The molecule has 0 bridgehead atoms. The average Bonchev–Trinajstić information content (AvgIpc) is 2.64. The van der Waals surface area contributed by atoms with Crippen molar-refractivity contribution < 1.29 is 14.3 Å². The summed E-state index contributed by atoms with van der Waals surface area (Å²) in [7, 11) is 0. The number of nitrogens with two attached hydrogens (primary N) is 1. The topological polar surface area (TPSA) is 84.7 Å². The van der Waals surface area contributed by atoms with Gasteiger partial charge < -0.3 is 20.7 Å². The molecule has 3 rings (SSSR count). The van der Waals surface area contributed by atoms with Gasteiger partial charge in [0.25, 0.3) is 5.91 Å². The average molecular weight is 374 g/mol. The monoisotopic (exact) mass is 373 g/mol. The van der Waals surface area contributed by atoms with E-state index in [2.05, 4.69) is 5.32 Å². The Kier molecular flexibility index (Phi) is 5.75. The van der Waals surface area contributed by atoms with Crippen molar-refractivity contribution in [1.29, 1.82) is 0 Å². The Morgan fingerprint density at radius 2 is 1.81 bits per heavy atom. The van der Waals surface area contributed by atoms with Crippen LogP contribution >= 0.6 is 11.6 Å². The highest BCUT2D eigenvalue weighted by Gasteiger charge is 2.21. The van der Waals surface area contributed by atoms with Gasteiger partial charge in [-0.1, -0.05) is 23.7 Å². The number of ether oxygens (including phenoxy) is 1. The van der Waals surface area contributed by atoms with Gasteiger partial charge in [-0.2, -0.15) is 0 Å². The number of benzene rings is 2. The van der Waals surface area contributed by atoms with Gasteiger partial charge in [0, 0.05) is 24.5 Å². The third-order valence-corrected chi connectivity index (χ3v) is 4.44. The van der Waals surface area contributed by atoms with Gasteiger partial charge in [-0.05, 0) is 35.9 Å². The Hall–Kier alpha value is -2.57. The van der Waals surface area contributed by atoms with Gasteiger partial charge in [-0.15, -0.1) is 0 Å². The molecule has 2 aromatic rings. The van der Waals surface area contributed by atoms with Gasteiger partial charge in [0.1, 0.15) is 0 Å². The van der Waals surface area contributed by atoms with Crippen molar-refractivity contribution in [3.05, 3.63) is 58.6 Å². The van der Waals surface area contributed by atoms with Crippen LogP contribution < -0.4 is 11.1 Å². The molecule has 3 N–H and O–H groups in total. The van der Waals surface area contributed by atoms with Crippen LogP contribution in [-0.4, -0.2) is 43.0 Å². The van der Waals surface area contributed by atoms with Crippen LogP contribution in [0.4, 0.5) is 11.4 Å². The molecule has 6 nitrogen and oxygen atoms in total. The van der Waals surface area contributed by atoms with Crippen molar-refractivity contribution in [2.24, 2.45) is 0 Å². The third-order valence-electron chi connectivity index (χ3n) is 4.13. The molecule has 7 heteroatoms. The van der Waals surface area contributed by atoms with E-state index in [1.807, 2.05) is 12.1 Å². The normalized spacial score (nSPS) is 14.1. The fraction of sp³-hybridized carbons (Fsp3) is 0.263. The Balaban J connectivity index is 1.64. The predicted octanol–water partition coefficient (Wildman–Crippen LogP) is 2.58. The minimum absolute atomic E-state index is 0.127. The first-order chi connectivity index (χ1) is 12.5. The quantitative estimate of drug-likeness (QED) is 0.807. The molecule has 0 radical (unpaired) electrons. The molecule has 2 amide bonds. The molecule has 0 atom stereocenters. The van der Waals surface area contributed by atoms with E-state index >= 15 is 0 Å². The van der Waals surface area contributed by atoms with Crippen LogP contribution in [0.1, 0.15) is 15.9 Å². The number of amides is 2. The summed E-state index contributed by atoms with van der Waals surface area (Å²) in [5.74, 6) is -0.295. The highest BCUT2D eigenvalue weighted by molar-refractivity contribution is 6.34. The lowest BCUT2D eigenvalue weighted by Gasteiger charge is -2.27. The van der Waals surface area contributed by atoms with Crippen LogP contribution in [0.2, 0.25) is 5.02 Å². The zero-order chi connectivity index (χ0) is 18.5. The SMILES string of the molecule is Nc1ccc(CC(=O)Nc2ccc(C(=O)N3CCOCC3)c(Cl)c2)cc1. The second kappa shape index (κ2) is 8.21. The molecule has 2 aromatic carbocycles. The minimum atomic E-state index is -0.168. The number of hydrogen-bond acceptors (Lipinski definition) is 4. The van der Waals surface area contributed by atoms with E-state index in [4.69, 9.17) is 22.1 Å². The molecule has 1 heterocycles. The molecular weight excluding hydrogens is 354 g/mol. The Morgan fingerprint density at radius 1 is 1.12 bits per heavy atom. The zero-order valence-electron chi connectivity index (χ0n) is 14.2. The van der Waals surface area contributed by atoms with Gasteiger partial charge in [-0.3, -0.25) is 9.59 Å². The second-order valence-electron chi connectivity index (χ2n) is 6.07. The molecule has 0 saturated carbocycles. The second-order valence-corrected chi connectivity index (χ2v) is 6.47. The smallest absolute Gasteiger partial charge is 0.255 e. The molecule has 1 saturated heterocycles. The summed E-state index contributed by atoms with van der Waals surface area (Å²) in [5, 5.41) is 3.10. The number of anilines is 2. The van der Waals surface area contributed by atoms with Crippen molar-refractivity contribution in [1.82, 2.24) is 4.90 Å². The number of nitrogens with zero attached hydrogens (tertiary/aromatic N) is 1. The molecule has 0 aliphatic carbocycles. The number of nitrogen functional groups attached to an aromatic ring is 1. The number of rotatable bonds is 4. The van der Waals surface area contributed by atoms with E-state index in [1.165, 1.54) is 0 Å². The summed E-state index contributed by atoms with van der Waals surface area (Å²) in [6.07, 6.45) is 0.229. The molecular formula is C19H20ClN3O3. The first-order valence-electron chi connectivity index (χ1n) is 8.34. The summed E-state index contributed by atoms with van der Waals surface area (Å²) < 4.78 is 5.25. The Morgan fingerprint density at radius 3 is 2.46 bits per heavy atom. The van der Waals surface area contributed by atoms with Gasteiger partial charge in [0.2, 0.25) is 5.91 Å². The van der Waals surface area contributed by atoms with Crippen molar-refractivity contribution in [2.75, 3.05) is 37.4 Å². The molecule has 1 aliphatic heterocycles. The van der Waals surface area contributed by atoms with Gasteiger partial charge in [-0.25, -0.2) is 0 Å². The van der Waals surface area contributed by atoms with Crippen LogP contribution in [0.5, 0.6) is 0 Å². The van der Waals surface area contributed by atoms with E-state index in [0.29, 0.717) is 48.3 Å². The van der Waals surface area contributed by atoms with Crippen molar-refractivity contribution in [3.63, 3.8) is 0 Å². The van der Waals surface area contributed by atoms with Crippen LogP contribution in [0.3, 0.4) is 0 Å². The fourth-order valence-corrected chi connectivity index (χ4v) is 2.99. The van der Waals surface area contributed by atoms with E-state index in [0.717, 1.165) is 5.56 Å². The van der Waals surface area contributed by atoms with Gasteiger partial charge >= 0.3 is 0 Å².